The Bertz CT molecular complexity index is 543. The summed E-state index contributed by atoms with van der Waals surface area (Å²) in [6.45, 7) is 0.866. The zero-order chi connectivity index (χ0) is 15.4. The molecule has 2 rings (SSSR count). The van der Waals surface area contributed by atoms with Crippen LogP contribution in [0, 0.1) is 5.92 Å². The highest BCUT2D eigenvalue weighted by Crippen LogP contribution is 2.31. The Hall–Kier alpha value is -2.24. The summed E-state index contributed by atoms with van der Waals surface area (Å²) < 4.78 is 9.74. The molecule has 0 aromatic heterocycles. The number of nitrogens with zero attached hydrogens (tertiary/aromatic N) is 1. The van der Waals surface area contributed by atoms with Gasteiger partial charge >= 0.3 is 5.97 Å². The third-order valence-electron chi connectivity index (χ3n) is 3.69. The largest absolute Gasteiger partial charge is 0.504 e. The van der Waals surface area contributed by atoms with Crippen molar-refractivity contribution in [3.8, 4) is 11.5 Å². The summed E-state index contributed by atoms with van der Waals surface area (Å²) in [6, 6.07) is 4.77. The normalized spacial score (nSPS) is 18.2. The van der Waals surface area contributed by atoms with Gasteiger partial charge in [0.15, 0.2) is 11.5 Å². The smallest absolute Gasteiger partial charge is 0.310 e. The van der Waals surface area contributed by atoms with E-state index in [1.807, 2.05) is 0 Å². The number of phenols is 1. The number of ether oxygens (including phenoxy) is 2. The molecule has 0 aliphatic carbocycles. The fourth-order valence-electron chi connectivity index (χ4n) is 2.55. The molecule has 0 spiro atoms. The predicted octanol–water partition coefficient (Wildman–Crippen LogP) is 1.43. The van der Waals surface area contributed by atoms with Gasteiger partial charge in [0.1, 0.15) is 0 Å². The van der Waals surface area contributed by atoms with Gasteiger partial charge in [-0.25, -0.2) is 0 Å². The highest BCUT2D eigenvalue weighted by molar-refractivity contribution is 5.98. The lowest BCUT2D eigenvalue weighted by atomic mass is 9.97. The van der Waals surface area contributed by atoms with Crippen LogP contribution in [0.4, 0.5) is 0 Å². The van der Waals surface area contributed by atoms with Crippen molar-refractivity contribution in [1.82, 2.24) is 4.90 Å². The summed E-state index contributed by atoms with van der Waals surface area (Å²) in [7, 11) is 2.77. The Kier molecular flexibility index (Phi) is 4.67. The minimum atomic E-state index is -0.306. The molecule has 114 valence electrons. The third-order valence-corrected chi connectivity index (χ3v) is 3.69. The second kappa shape index (κ2) is 6.47. The zero-order valence-electron chi connectivity index (χ0n) is 12.2. The van der Waals surface area contributed by atoms with Crippen LogP contribution in [-0.2, 0) is 9.53 Å². The van der Waals surface area contributed by atoms with Gasteiger partial charge in [-0.15, -0.1) is 0 Å². The maximum absolute atomic E-state index is 12.5. The molecule has 1 aromatic rings. The van der Waals surface area contributed by atoms with Crippen LogP contribution in [-0.4, -0.2) is 49.2 Å². The molecule has 1 heterocycles. The summed E-state index contributed by atoms with van der Waals surface area (Å²) in [6.07, 6.45) is 1.44. The summed E-state index contributed by atoms with van der Waals surface area (Å²) in [4.78, 5) is 25.7. The number of carbonyl (C=O) groups is 2. The minimum Gasteiger partial charge on any atom is -0.504 e. The molecule has 1 atom stereocenters. The van der Waals surface area contributed by atoms with Crippen LogP contribution in [0.25, 0.3) is 0 Å². The van der Waals surface area contributed by atoms with E-state index in [-0.39, 0.29) is 34.9 Å². The maximum Gasteiger partial charge on any atom is 0.310 e. The topological polar surface area (TPSA) is 76.1 Å². The van der Waals surface area contributed by atoms with Crippen molar-refractivity contribution in [2.45, 2.75) is 12.8 Å². The highest BCUT2D eigenvalue weighted by Gasteiger charge is 2.30. The fourth-order valence-corrected chi connectivity index (χ4v) is 2.55. The Labute approximate surface area is 123 Å². The number of likely N-dealkylation sites (tertiary alicyclic amines) is 1. The Morgan fingerprint density at radius 3 is 2.76 bits per heavy atom. The number of methoxy groups -OCH3 is 2. The van der Waals surface area contributed by atoms with Crippen LogP contribution in [0.15, 0.2) is 18.2 Å². The van der Waals surface area contributed by atoms with E-state index >= 15 is 0 Å². The lowest BCUT2D eigenvalue weighted by Crippen LogP contribution is -2.42. The summed E-state index contributed by atoms with van der Waals surface area (Å²) >= 11 is 0. The highest BCUT2D eigenvalue weighted by atomic mass is 16.5. The van der Waals surface area contributed by atoms with Gasteiger partial charge in [0.2, 0.25) is 0 Å². The number of esters is 1. The van der Waals surface area contributed by atoms with Crippen molar-refractivity contribution in [3.05, 3.63) is 23.8 Å². The number of aromatic hydroxyl groups is 1. The Balaban J connectivity index is 2.18. The quantitative estimate of drug-likeness (QED) is 0.853. The number of hydrogen-bond acceptors (Lipinski definition) is 5. The first kappa shape index (κ1) is 15.2. The van der Waals surface area contributed by atoms with E-state index in [0.717, 1.165) is 6.42 Å². The molecule has 21 heavy (non-hydrogen) atoms. The predicted molar refractivity (Wildman–Crippen MR) is 75.3 cm³/mol. The number of amides is 1. The van der Waals surface area contributed by atoms with Crippen LogP contribution in [0.2, 0.25) is 0 Å². The lowest BCUT2D eigenvalue weighted by molar-refractivity contribution is -0.146. The molecule has 1 aliphatic heterocycles. The van der Waals surface area contributed by atoms with Gasteiger partial charge in [0.05, 0.1) is 25.7 Å². The van der Waals surface area contributed by atoms with Gasteiger partial charge in [-0.2, -0.15) is 0 Å². The molecular weight excluding hydrogens is 274 g/mol. The number of hydrogen-bond donors (Lipinski definition) is 1. The average molecular weight is 293 g/mol. The monoisotopic (exact) mass is 293 g/mol. The van der Waals surface area contributed by atoms with Crippen LogP contribution in [0.3, 0.4) is 0 Å². The Morgan fingerprint density at radius 2 is 2.10 bits per heavy atom. The fraction of sp³-hybridized carbons (Fsp3) is 0.467. The van der Waals surface area contributed by atoms with Gasteiger partial charge in [0.25, 0.3) is 5.91 Å². The number of rotatable bonds is 3. The molecule has 6 heteroatoms. The van der Waals surface area contributed by atoms with Crippen molar-refractivity contribution in [2.24, 2.45) is 5.92 Å². The Morgan fingerprint density at radius 1 is 1.33 bits per heavy atom. The van der Waals surface area contributed by atoms with Crippen LogP contribution < -0.4 is 4.74 Å². The molecule has 1 fully saturated rings. The molecule has 1 aromatic carbocycles. The second-order valence-electron chi connectivity index (χ2n) is 4.97. The number of para-hydroxylation sites is 1. The SMILES string of the molecule is COC(=O)[C@H]1CCCN(C(=O)c2cccc(OC)c2O)C1. The van der Waals surface area contributed by atoms with Crippen molar-refractivity contribution < 1.29 is 24.2 Å². The average Bonchev–Trinajstić information content (AvgIpc) is 2.53. The first-order valence-electron chi connectivity index (χ1n) is 6.81. The van der Waals surface area contributed by atoms with E-state index in [1.54, 1.807) is 23.1 Å². The van der Waals surface area contributed by atoms with Crippen molar-refractivity contribution >= 4 is 11.9 Å². The first-order chi connectivity index (χ1) is 10.1. The summed E-state index contributed by atoms with van der Waals surface area (Å²) in [5.74, 6) is -0.838. The number of benzene rings is 1. The van der Waals surface area contributed by atoms with Gasteiger partial charge in [-0.3, -0.25) is 9.59 Å². The molecule has 6 nitrogen and oxygen atoms in total. The summed E-state index contributed by atoms with van der Waals surface area (Å²) in [5.41, 5.74) is 0.180. The van der Waals surface area contributed by atoms with Gasteiger partial charge in [-0.05, 0) is 25.0 Å². The molecule has 1 aliphatic rings. The first-order valence-corrected chi connectivity index (χ1v) is 6.81. The van der Waals surface area contributed by atoms with E-state index in [2.05, 4.69) is 0 Å². The molecule has 0 saturated carbocycles. The van der Waals surface area contributed by atoms with Crippen LogP contribution in [0.1, 0.15) is 23.2 Å². The van der Waals surface area contributed by atoms with Gasteiger partial charge < -0.3 is 19.5 Å². The minimum absolute atomic E-state index is 0.176. The van der Waals surface area contributed by atoms with E-state index in [1.165, 1.54) is 14.2 Å². The van der Waals surface area contributed by atoms with Crippen LogP contribution in [0.5, 0.6) is 11.5 Å². The molecule has 0 radical (unpaired) electrons. The number of piperidine rings is 1. The van der Waals surface area contributed by atoms with Crippen molar-refractivity contribution in [1.29, 1.82) is 0 Å². The van der Waals surface area contributed by atoms with E-state index in [4.69, 9.17) is 9.47 Å². The lowest BCUT2D eigenvalue weighted by Gasteiger charge is -2.31. The van der Waals surface area contributed by atoms with Gasteiger partial charge in [0, 0.05) is 13.1 Å². The van der Waals surface area contributed by atoms with Gasteiger partial charge in [-0.1, -0.05) is 6.07 Å². The van der Waals surface area contributed by atoms with Crippen LogP contribution >= 0.6 is 0 Å². The van der Waals surface area contributed by atoms with E-state index < -0.39 is 0 Å². The number of carbonyl (C=O) groups excluding carboxylic acids is 2. The maximum atomic E-state index is 12.5. The van der Waals surface area contributed by atoms with Crippen molar-refractivity contribution in [2.75, 3.05) is 27.3 Å². The summed E-state index contributed by atoms with van der Waals surface area (Å²) in [5, 5.41) is 10.0. The zero-order valence-corrected chi connectivity index (χ0v) is 12.2. The second-order valence-corrected chi connectivity index (χ2v) is 4.97. The molecular formula is C15H19NO5. The molecule has 1 saturated heterocycles. The molecule has 0 bridgehead atoms. The third kappa shape index (κ3) is 3.09. The number of phenolic OH excluding ortho intramolecular Hbond substituents is 1. The molecule has 1 N–H and O–H groups in total. The molecule has 0 unspecified atom stereocenters. The van der Waals surface area contributed by atoms with E-state index in [0.29, 0.717) is 19.5 Å². The van der Waals surface area contributed by atoms with E-state index in [9.17, 15) is 14.7 Å². The van der Waals surface area contributed by atoms with Crippen molar-refractivity contribution in [3.63, 3.8) is 0 Å². The molecule has 1 amide bonds. The standard InChI is InChI=1S/C15H19NO5/c1-20-12-7-3-6-11(13(12)17)14(18)16-8-4-5-10(9-16)15(19)21-2/h3,6-7,10,17H,4-5,8-9H2,1-2H3/t10-/m0/s1.